The zero-order chi connectivity index (χ0) is 15.0. The Balaban J connectivity index is 1.77. The molecule has 122 valence electrons. The van der Waals surface area contributed by atoms with Gasteiger partial charge < -0.3 is 0 Å². The second-order valence-corrected chi connectivity index (χ2v) is 8.49. The van der Waals surface area contributed by atoms with Crippen molar-refractivity contribution < 1.29 is 0 Å². The standard InChI is InChI=1S/C19H36N2/c1-14(2)19-13-20-11-6-5-9-17(20)12-21(19)18-10-7-8-15(3)16(18)4/h14-19H,5-13H2,1-4H3. The van der Waals surface area contributed by atoms with Gasteiger partial charge in [-0.2, -0.15) is 0 Å². The van der Waals surface area contributed by atoms with Crippen LogP contribution < -0.4 is 0 Å². The van der Waals surface area contributed by atoms with Crippen molar-refractivity contribution in [2.24, 2.45) is 17.8 Å². The lowest BCUT2D eigenvalue weighted by Gasteiger charge is -2.54. The molecule has 1 saturated carbocycles. The van der Waals surface area contributed by atoms with Gasteiger partial charge in [0.25, 0.3) is 0 Å². The summed E-state index contributed by atoms with van der Waals surface area (Å²) in [5, 5.41) is 0. The first-order valence-corrected chi connectivity index (χ1v) is 9.57. The van der Waals surface area contributed by atoms with Crippen molar-refractivity contribution in [1.82, 2.24) is 9.80 Å². The van der Waals surface area contributed by atoms with Crippen LogP contribution in [0.3, 0.4) is 0 Å². The zero-order valence-corrected chi connectivity index (χ0v) is 14.7. The molecule has 5 atom stereocenters. The van der Waals surface area contributed by atoms with Crippen molar-refractivity contribution >= 4 is 0 Å². The predicted molar refractivity (Wildman–Crippen MR) is 90.5 cm³/mol. The summed E-state index contributed by atoms with van der Waals surface area (Å²) in [5.41, 5.74) is 0. The van der Waals surface area contributed by atoms with Crippen molar-refractivity contribution in [3.05, 3.63) is 0 Å². The molecule has 0 aromatic carbocycles. The molecule has 0 radical (unpaired) electrons. The number of hydrogen-bond acceptors (Lipinski definition) is 2. The highest BCUT2D eigenvalue weighted by Gasteiger charge is 2.42. The van der Waals surface area contributed by atoms with Gasteiger partial charge in [-0.25, -0.2) is 0 Å². The number of piperidine rings is 1. The number of hydrogen-bond donors (Lipinski definition) is 0. The number of piperazine rings is 1. The Morgan fingerprint density at radius 2 is 1.71 bits per heavy atom. The van der Waals surface area contributed by atoms with Crippen LogP contribution in [0.15, 0.2) is 0 Å². The van der Waals surface area contributed by atoms with Crippen molar-refractivity contribution in [2.45, 2.75) is 84.3 Å². The molecule has 2 nitrogen and oxygen atoms in total. The molecule has 5 unspecified atom stereocenters. The summed E-state index contributed by atoms with van der Waals surface area (Å²) in [4.78, 5) is 5.79. The van der Waals surface area contributed by atoms with Gasteiger partial charge in [-0.15, -0.1) is 0 Å². The molecule has 3 rings (SSSR count). The molecule has 0 spiro atoms. The molecular formula is C19H36N2. The molecule has 0 N–H and O–H groups in total. The fraction of sp³-hybridized carbons (Fsp3) is 1.00. The Hall–Kier alpha value is -0.0800. The highest BCUT2D eigenvalue weighted by molar-refractivity contribution is 4.97. The summed E-state index contributed by atoms with van der Waals surface area (Å²) in [6.07, 6.45) is 8.68. The molecule has 3 aliphatic rings. The molecule has 1 aliphatic carbocycles. The fourth-order valence-electron chi connectivity index (χ4n) is 5.23. The molecule has 0 aromatic heterocycles. The van der Waals surface area contributed by atoms with E-state index >= 15 is 0 Å². The molecule has 2 heterocycles. The average molecular weight is 293 g/mol. The van der Waals surface area contributed by atoms with Crippen LogP contribution >= 0.6 is 0 Å². The quantitative estimate of drug-likeness (QED) is 0.759. The Bertz CT molecular complexity index is 340. The van der Waals surface area contributed by atoms with Crippen molar-refractivity contribution in [1.29, 1.82) is 0 Å². The van der Waals surface area contributed by atoms with Crippen LogP contribution in [0.1, 0.15) is 66.2 Å². The lowest BCUT2D eigenvalue weighted by Crippen LogP contribution is -2.64. The van der Waals surface area contributed by atoms with Crippen molar-refractivity contribution in [3.63, 3.8) is 0 Å². The number of rotatable bonds is 2. The summed E-state index contributed by atoms with van der Waals surface area (Å²) >= 11 is 0. The van der Waals surface area contributed by atoms with E-state index in [4.69, 9.17) is 0 Å². The SMILES string of the molecule is CC(C)C1CN2CCCCC2CN1C1CCCC(C)C1C. The zero-order valence-electron chi connectivity index (χ0n) is 14.7. The molecule has 0 bridgehead atoms. The summed E-state index contributed by atoms with van der Waals surface area (Å²) in [6.45, 7) is 13.9. The Morgan fingerprint density at radius 1 is 0.905 bits per heavy atom. The third kappa shape index (κ3) is 3.17. The minimum atomic E-state index is 0.789. The van der Waals surface area contributed by atoms with E-state index in [1.165, 1.54) is 58.2 Å². The molecule has 3 fully saturated rings. The van der Waals surface area contributed by atoms with E-state index in [9.17, 15) is 0 Å². The maximum atomic E-state index is 2.97. The van der Waals surface area contributed by atoms with Crippen LogP contribution in [0.2, 0.25) is 0 Å². The van der Waals surface area contributed by atoms with Crippen LogP contribution in [0.25, 0.3) is 0 Å². The second kappa shape index (κ2) is 6.58. The molecule has 2 saturated heterocycles. The van der Waals surface area contributed by atoms with E-state index < -0.39 is 0 Å². The van der Waals surface area contributed by atoms with E-state index in [0.717, 1.165) is 35.9 Å². The molecule has 2 aliphatic heterocycles. The normalized spacial score (nSPS) is 43.0. The minimum Gasteiger partial charge on any atom is -0.298 e. The van der Waals surface area contributed by atoms with Crippen LogP contribution in [0, 0.1) is 17.8 Å². The Morgan fingerprint density at radius 3 is 2.48 bits per heavy atom. The highest BCUT2D eigenvalue weighted by Crippen LogP contribution is 2.37. The monoisotopic (exact) mass is 292 g/mol. The van der Waals surface area contributed by atoms with Gasteiger partial charge >= 0.3 is 0 Å². The third-order valence-electron chi connectivity index (χ3n) is 6.88. The Labute approximate surface area is 132 Å². The van der Waals surface area contributed by atoms with Gasteiger partial charge in [0.2, 0.25) is 0 Å². The van der Waals surface area contributed by atoms with E-state index in [1.54, 1.807) is 0 Å². The largest absolute Gasteiger partial charge is 0.298 e. The smallest absolute Gasteiger partial charge is 0.0249 e. The summed E-state index contributed by atoms with van der Waals surface area (Å²) in [5.74, 6) is 2.59. The minimum absolute atomic E-state index is 0.789. The lowest BCUT2D eigenvalue weighted by molar-refractivity contribution is -0.0563. The van der Waals surface area contributed by atoms with Gasteiger partial charge in [-0.1, -0.05) is 47.0 Å². The summed E-state index contributed by atoms with van der Waals surface area (Å²) in [7, 11) is 0. The van der Waals surface area contributed by atoms with Gasteiger partial charge in [0.1, 0.15) is 0 Å². The molecule has 2 heteroatoms. The number of fused-ring (bicyclic) bond motifs is 1. The predicted octanol–water partition coefficient (Wildman–Crippen LogP) is 4.01. The summed E-state index contributed by atoms with van der Waals surface area (Å²) < 4.78 is 0. The first-order chi connectivity index (χ1) is 10.1. The van der Waals surface area contributed by atoms with Gasteiger partial charge in [-0.05, 0) is 43.6 Å². The molecule has 21 heavy (non-hydrogen) atoms. The first kappa shape index (κ1) is 15.8. The molecule has 0 aromatic rings. The maximum absolute atomic E-state index is 2.97. The van der Waals surface area contributed by atoms with Gasteiger partial charge in [0.05, 0.1) is 0 Å². The van der Waals surface area contributed by atoms with Crippen LogP contribution in [0.4, 0.5) is 0 Å². The van der Waals surface area contributed by atoms with Gasteiger partial charge in [0, 0.05) is 31.2 Å². The van der Waals surface area contributed by atoms with Crippen molar-refractivity contribution in [3.8, 4) is 0 Å². The van der Waals surface area contributed by atoms with E-state index in [-0.39, 0.29) is 0 Å². The Kier molecular flexibility index (Phi) is 4.95. The van der Waals surface area contributed by atoms with Crippen LogP contribution in [0.5, 0.6) is 0 Å². The topological polar surface area (TPSA) is 6.48 Å². The van der Waals surface area contributed by atoms with Gasteiger partial charge in [0.15, 0.2) is 0 Å². The fourth-order valence-corrected chi connectivity index (χ4v) is 5.23. The molecule has 0 amide bonds. The van der Waals surface area contributed by atoms with Gasteiger partial charge in [-0.3, -0.25) is 9.80 Å². The number of nitrogens with zero attached hydrogens (tertiary/aromatic N) is 2. The van der Waals surface area contributed by atoms with Crippen LogP contribution in [-0.4, -0.2) is 47.6 Å². The van der Waals surface area contributed by atoms with Crippen molar-refractivity contribution in [2.75, 3.05) is 19.6 Å². The average Bonchev–Trinajstić information content (AvgIpc) is 2.48. The third-order valence-corrected chi connectivity index (χ3v) is 6.88. The first-order valence-electron chi connectivity index (χ1n) is 9.57. The van der Waals surface area contributed by atoms with E-state index in [1.807, 2.05) is 0 Å². The lowest BCUT2D eigenvalue weighted by atomic mass is 9.75. The van der Waals surface area contributed by atoms with Crippen LogP contribution in [-0.2, 0) is 0 Å². The molecular weight excluding hydrogens is 256 g/mol. The maximum Gasteiger partial charge on any atom is 0.0249 e. The van der Waals surface area contributed by atoms with E-state index in [0.29, 0.717) is 0 Å². The highest BCUT2D eigenvalue weighted by atomic mass is 15.3. The summed E-state index contributed by atoms with van der Waals surface area (Å²) in [6, 6.07) is 2.50. The van der Waals surface area contributed by atoms with E-state index in [2.05, 4.69) is 37.5 Å². The second-order valence-electron chi connectivity index (χ2n) is 8.49.